The van der Waals surface area contributed by atoms with E-state index in [0.29, 0.717) is 0 Å². The molecule has 0 bridgehead atoms. The van der Waals surface area contributed by atoms with Crippen molar-refractivity contribution in [3.8, 4) is 11.5 Å². The summed E-state index contributed by atoms with van der Waals surface area (Å²) in [4.78, 5) is 56.2. The maximum atomic E-state index is 10.7. The predicted molar refractivity (Wildman–Crippen MR) is 90.1 cm³/mol. The third kappa shape index (κ3) is 3.97. The zero-order valence-corrected chi connectivity index (χ0v) is 13.3. The highest BCUT2D eigenvalue weighted by molar-refractivity contribution is 5.78. The highest BCUT2D eigenvalue weighted by Crippen LogP contribution is 2.43. The molecule has 0 aliphatic heterocycles. The van der Waals surface area contributed by atoms with Crippen LogP contribution in [-0.2, 0) is 25.6 Å². The first-order valence-electron chi connectivity index (χ1n) is 7.08. The first-order chi connectivity index (χ1) is 13.1. The van der Waals surface area contributed by atoms with Crippen LogP contribution in [0.1, 0.15) is 11.1 Å². The topological polar surface area (TPSA) is 158 Å². The predicted octanol–water partition coefficient (Wildman–Crippen LogP) is 2.56. The Morgan fingerprint density at radius 3 is 1.33 bits per heavy atom. The van der Waals surface area contributed by atoms with Crippen LogP contribution in [0.5, 0.6) is 11.5 Å². The SMILES string of the molecule is O=C=Nc1ccc(O)c(Cc2c(O)ccc(N=C=O)c2N=C=O)c1N=C=O. The van der Waals surface area contributed by atoms with Crippen molar-refractivity contribution in [2.45, 2.75) is 6.42 Å². The van der Waals surface area contributed by atoms with E-state index in [2.05, 4.69) is 20.0 Å². The van der Waals surface area contributed by atoms with E-state index in [0.717, 1.165) is 0 Å². The van der Waals surface area contributed by atoms with E-state index in [-0.39, 0.29) is 51.8 Å². The van der Waals surface area contributed by atoms with Crippen LogP contribution in [0.2, 0.25) is 0 Å². The largest absolute Gasteiger partial charge is 0.508 e. The minimum absolute atomic E-state index is 0.0280. The molecule has 0 saturated heterocycles. The van der Waals surface area contributed by atoms with Gasteiger partial charge < -0.3 is 10.2 Å². The van der Waals surface area contributed by atoms with E-state index in [9.17, 15) is 29.4 Å². The minimum Gasteiger partial charge on any atom is -0.508 e. The van der Waals surface area contributed by atoms with Gasteiger partial charge in [0.15, 0.2) is 0 Å². The molecule has 0 aliphatic rings. The molecule has 0 spiro atoms. The highest BCUT2D eigenvalue weighted by atomic mass is 16.3. The van der Waals surface area contributed by atoms with Crippen molar-refractivity contribution >= 4 is 47.1 Å². The fourth-order valence-electron chi connectivity index (χ4n) is 2.37. The van der Waals surface area contributed by atoms with Crippen molar-refractivity contribution in [1.82, 2.24) is 0 Å². The Kier molecular flexibility index (Phi) is 6.02. The summed E-state index contributed by atoms with van der Waals surface area (Å²) in [6, 6.07) is 4.81. The number of hydrogen-bond donors (Lipinski definition) is 2. The monoisotopic (exact) mass is 364 g/mol. The van der Waals surface area contributed by atoms with Crippen molar-refractivity contribution in [3.63, 3.8) is 0 Å². The number of phenols is 2. The molecule has 0 radical (unpaired) electrons. The van der Waals surface area contributed by atoms with Crippen LogP contribution in [0.3, 0.4) is 0 Å². The molecule has 0 atom stereocenters. The molecule has 0 saturated carbocycles. The lowest BCUT2D eigenvalue weighted by Crippen LogP contribution is -1.93. The molecule has 0 aromatic heterocycles. The number of aromatic hydroxyl groups is 2. The number of benzene rings is 2. The summed E-state index contributed by atoms with van der Waals surface area (Å²) in [5.41, 5.74) is -0.609. The lowest BCUT2D eigenvalue weighted by molar-refractivity contribution is 0.463. The van der Waals surface area contributed by atoms with Gasteiger partial charge >= 0.3 is 0 Å². The number of isocyanates is 4. The van der Waals surface area contributed by atoms with Gasteiger partial charge in [-0.3, -0.25) is 0 Å². The van der Waals surface area contributed by atoms with Gasteiger partial charge in [0.05, 0.1) is 0 Å². The Balaban J connectivity index is 2.81. The molecule has 132 valence electrons. The zero-order valence-electron chi connectivity index (χ0n) is 13.3. The Bertz CT molecular complexity index is 1010. The van der Waals surface area contributed by atoms with Crippen LogP contribution < -0.4 is 0 Å². The van der Waals surface area contributed by atoms with Gasteiger partial charge in [0.25, 0.3) is 0 Å². The van der Waals surface area contributed by atoms with Gasteiger partial charge in [0, 0.05) is 17.5 Å². The van der Waals surface area contributed by atoms with E-state index in [1.165, 1.54) is 48.6 Å². The average Bonchev–Trinajstić information content (AvgIpc) is 2.65. The smallest absolute Gasteiger partial charge is 0.240 e. The molecular formula is C17H8N4O6. The van der Waals surface area contributed by atoms with Crippen molar-refractivity contribution in [2.75, 3.05) is 0 Å². The molecule has 0 unspecified atom stereocenters. The van der Waals surface area contributed by atoms with Gasteiger partial charge in [0.1, 0.15) is 34.2 Å². The van der Waals surface area contributed by atoms with E-state index < -0.39 is 0 Å². The van der Waals surface area contributed by atoms with Crippen LogP contribution in [0.4, 0.5) is 22.7 Å². The summed E-state index contributed by atoms with van der Waals surface area (Å²) in [6.45, 7) is 0. The number of phenolic OH excluding ortho intramolecular Hbond substituents is 2. The summed E-state index contributed by atoms with van der Waals surface area (Å²) in [5.74, 6) is -0.697. The maximum Gasteiger partial charge on any atom is 0.240 e. The molecule has 2 rings (SSSR count). The molecule has 0 heterocycles. The van der Waals surface area contributed by atoms with Gasteiger partial charge in [-0.15, -0.1) is 0 Å². The summed E-state index contributed by atoms with van der Waals surface area (Å²) >= 11 is 0. The van der Waals surface area contributed by atoms with Gasteiger partial charge in [0.2, 0.25) is 24.3 Å². The van der Waals surface area contributed by atoms with Crippen LogP contribution in [0.25, 0.3) is 0 Å². The first kappa shape index (κ1) is 18.9. The van der Waals surface area contributed by atoms with Crippen molar-refractivity contribution in [2.24, 2.45) is 20.0 Å². The Hall–Kier alpha value is -4.44. The summed E-state index contributed by atoms with van der Waals surface area (Å²) in [6.07, 6.45) is 4.82. The summed E-state index contributed by atoms with van der Waals surface area (Å²) < 4.78 is 0. The van der Waals surface area contributed by atoms with E-state index in [4.69, 9.17) is 0 Å². The first-order valence-corrected chi connectivity index (χ1v) is 7.08. The normalized spacial score (nSPS) is 9.19. The van der Waals surface area contributed by atoms with E-state index in [1.54, 1.807) is 0 Å². The molecule has 0 aliphatic carbocycles. The molecule has 2 N–H and O–H groups in total. The second-order valence-electron chi connectivity index (χ2n) is 4.85. The third-order valence-corrected chi connectivity index (χ3v) is 3.47. The number of carbonyl (C=O) groups excluding carboxylic acids is 4. The van der Waals surface area contributed by atoms with Crippen LogP contribution >= 0.6 is 0 Å². The molecule has 27 heavy (non-hydrogen) atoms. The van der Waals surface area contributed by atoms with Crippen molar-refractivity contribution in [1.29, 1.82) is 0 Å². The van der Waals surface area contributed by atoms with Crippen LogP contribution in [-0.4, -0.2) is 34.5 Å². The third-order valence-electron chi connectivity index (χ3n) is 3.47. The lowest BCUT2D eigenvalue weighted by atomic mass is 9.98. The second kappa shape index (κ2) is 8.60. The van der Waals surface area contributed by atoms with Crippen molar-refractivity contribution < 1.29 is 29.4 Å². The van der Waals surface area contributed by atoms with Crippen LogP contribution in [0.15, 0.2) is 44.2 Å². The molecule has 2 aromatic rings. The van der Waals surface area contributed by atoms with E-state index >= 15 is 0 Å². The number of nitrogens with zero attached hydrogens (tertiary/aromatic N) is 4. The molecule has 10 heteroatoms. The highest BCUT2D eigenvalue weighted by Gasteiger charge is 2.19. The van der Waals surface area contributed by atoms with Crippen molar-refractivity contribution in [3.05, 3.63) is 35.4 Å². The van der Waals surface area contributed by atoms with Crippen LogP contribution in [0, 0.1) is 0 Å². The second-order valence-corrected chi connectivity index (χ2v) is 4.85. The van der Waals surface area contributed by atoms with Gasteiger partial charge in [-0.25, -0.2) is 19.2 Å². The molecule has 2 aromatic carbocycles. The van der Waals surface area contributed by atoms with Gasteiger partial charge in [-0.05, 0) is 24.3 Å². The fraction of sp³-hybridized carbons (Fsp3) is 0.0588. The number of rotatable bonds is 6. The molecule has 0 fully saturated rings. The fourth-order valence-corrected chi connectivity index (χ4v) is 2.37. The Morgan fingerprint density at radius 1 is 0.630 bits per heavy atom. The summed E-state index contributed by atoms with van der Waals surface area (Å²) in [5, 5.41) is 20.3. The molecule has 10 nitrogen and oxygen atoms in total. The Labute approximate surface area is 150 Å². The zero-order chi connectivity index (χ0) is 19.8. The molecule has 0 amide bonds. The maximum absolute atomic E-state index is 10.7. The average molecular weight is 364 g/mol. The van der Waals surface area contributed by atoms with Gasteiger partial charge in [-0.1, -0.05) is 0 Å². The molecular weight excluding hydrogens is 356 g/mol. The summed E-state index contributed by atoms with van der Waals surface area (Å²) in [7, 11) is 0. The standard InChI is InChI=1S/C17H8N4O6/c22-6-18-12-1-3-14(26)10(16(12)20-8-24)5-11-15(27)4-2-13(19-7-23)17(11)21-9-25/h1-4,26-27H,5H2. The Morgan fingerprint density at radius 2 is 1.00 bits per heavy atom. The quantitative estimate of drug-likeness (QED) is 0.592. The number of aliphatic imine (C=N–C) groups is 4. The van der Waals surface area contributed by atoms with E-state index in [1.807, 2.05) is 0 Å². The van der Waals surface area contributed by atoms with Gasteiger partial charge in [-0.2, -0.15) is 20.0 Å². The minimum atomic E-state index is -0.349. The number of hydrogen-bond acceptors (Lipinski definition) is 10. The lowest BCUT2D eigenvalue weighted by Gasteiger charge is -2.13.